The average Bonchev–Trinajstić information content (AvgIpc) is 2.26. The van der Waals surface area contributed by atoms with Crippen LogP contribution in [-0.2, 0) is 9.53 Å². The summed E-state index contributed by atoms with van der Waals surface area (Å²) >= 11 is 0. The molecule has 0 aromatic carbocycles. The summed E-state index contributed by atoms with van der Waals surface area (Å²) in [4.78, 5) is 11.8. The molecule has 1 rings (SSSR count). The fourth-order valence-electron chi connectivity index (χ4n) is 1.90. The Morgan fingerprint density at radius 2 is 1.87 bits per heavy atom. The van der Waals surface area contributed by atoms with E-state index in [1.54, 1.807) is 0 Å². The van der Waals surface area contributed by atoms with E-state index in [0.717, 1.165) is 32.1 Å². The predicted octanol–water partition coefficient (Wildman–Crippen LogP) is 2.27. The van der Waals surface area contributed by atoms with Crippen molar-refractivity contribution in [3.05, 3.63) is 0 Å². The summed E-state index contributed by atoms with van der Waals surface area (Å²) in [6, 6.07) is 0. The molecule has 0 radical (unpaired) electrons. The van der Waals surface area contributed by atoms with Crippen LogP contribution in [0.25, 0.3) is 0 Å². The van der Waals surface area contributed by atoms with E-state index in [4.69, 9.17) is 4.74 Å². The smallest absolute Gasteiger partial charge is 0.309 e. The van der Waals surface area contributed by atoms with E-state index in [2.05, 4.69) is 0 Å². The maximum Gasteiger partial charge on any atom is 0.309 e. The maximum atomic E-state index is 11.8. The van der Waals surface area contributed by atoms with Crippen molar-refractivity contribution in [2.24, 2.45) is 5.92 Å². The van der Waals surface area contributed by atoms with Crippen LogP contribution < -0.4 is 0 Å². The first-order valence-corrected chi connectivity index (χ1v) is 5.79. The second-order valence-corrected chi connectivity index (χ2v) is 5.39. The summed E-state index contributed by atoms with van der Waals surface area (Å²) < 4.78 is 5.35. The molecule has 0 aromatic rings. The molecule has 0 amide bonds. The van der Waals surface area contributed by atoms with Crippen LogP contribution in [0.15, 0.2) is 0 Å². The number of hydrogen-bond donors (Lipinski definition) is 1. The molecule has 3 nitrogen and oxygen atoms in total. The van der Waals surface area contributed by atoms with Gasteiger partial charge in [0, 0.05) is 0 Å². The molecule has 1 saturated carbocycles. The third kappa shape index (κ3) is 4.65. The van der Waals surface area contributed by atoms with E-state index in [-0.39, 0.29) is 18.0 Å². The molecule has 1 N–H and O–H groups in total. The fourth-order valence-corrected chi connectivity index (χ4v) is 1.90. The van der Waals surface area contributed by atoms with Gasteiger partial charge in [0.25, 0.3) is 0 Å². The summed E-state index contributed by atoms with van der Waals surface area (Å²) in [5.41, 5.74) is -0.401. The quantitative estimate of drug-likeness (QED) is 0.538. The van der Waals surface area contributed by atoms with Gasteiger partial charge in [0.1, 0.15) is 5.60 Å². The first-order valence-electron chi connectivity index (χ1n) is 5.79. The van der Waals surface area contributed by atoms with Crippen molar-refractivity contribution in [2.75, 3.05) is 0 Å². The Hall–Kier alpha value is -0.570. The lowest BCUT2D eigenvalue weighted by Gasteiger charge is -2.23. The van der Waals surface area contributed by atoms with Crippen LogP contribution in [0.2, 0.25) is 0 Å². The molecule has 0 bridgehead atoms. The minimum Gasteiger partial charge on any atom is -0.460 e. The van der Waals surface area contributed by atoms with Crippen molar-refractivity contribution in [2.45, 2.75) is 64.6 Å². The molecule has 0 aliphatic heterocycles. The van der Waals surface area contributed by atoms with Crippen molar-refractivity contribution >= 4 is 5.97 Å². The molecule has 15 heavy (non-hydrogen) atoms. The lowest BCUT2D eigenvalue weighted by molar-refractivity contribution is -0.160. The van der Waals surface area contributed by atoms with Gasteiger partial charge in [0.15, 0.2) is 0 Å². The molecule has 88 valence electrons. The number of aliphatic hydroxyl groups is 1. The van der Waals surface area contributed by atoms with Gasteiger partial charge in [0.05, 0.1) is 12.0 Å². The van der Waals surface area contributed by atoms with E-state index in [1.165, 1.54) is 0 Å². The van der Waals surface area contributed by atoms with E-state index < -0.39 is 5.60 Å². The molecule has 0 heterocycles. The summed E-state index contributed by atoms with van der Waals surface area (Å²) in [7, 11) is 0. The lowest BCUT2D eigenvalue weighted by atomic mass is 10.0. The Kier molecular flexibility index (Phi) is 4.14. The summed E-state index contributed by atoms with van der Waals surface area (Å²) in [6.45, 7) is 5.66. The van der Waals surface area contributed by atoms with Crippen LogP contribution in [0.4, 0.5) is 0 Å². The summed E-state index contributed by atoms with van der Waals surface area (Å²) in [5.74, 6) is -0.113. The summed E-state index contributed by atoms with van der Waals surface area (Å²) in [5, 5.41) is 9.47. The number of ether oxygens (including phenoxy) is 1. The molecule has 1 fully saturated rings. The normalized spacial score (nSPS) is 28.3. The first kappa shape index (κ1) is 12.5. The highest BCUT2D eigenvalue weighted by Gasteiger charge is 2.27. The third-order valence-corrected chi connectivity index (χ3v) is 2.68. The van der Waals surface area contributed by atoms with Crippen LogP contribution in [0, 0.1) is 5.92 Å². The van der Waals surface area contributed by atoms with Gasteiger partial charge in [-0.05, 0) is 46.5 Å². The molecule has 2 unspecified atom stereocenters. The van der Waals surface area contributed by atoms with Crippen molar-refractivity contribution in [1.82, 2.24) is 0 Å². The lowest BCUT2D eigenvalue weighted by Crippen LogP contribution is -2.28. The highest BCUT2D eigenvalue weighted by molar-refractivity contribution is 5.72. The highest BCUT2D eigenvalue weighted by atomic mass is 16.6. The minimum absolute atomic E-state index is 0.0126. The minimum atomic E-state index is -0.401. The van der Waals surface area contributed by atoms with Gasteiger partial charge >= 0.3 is 5.97 Å². The van der Waals surface area contributed by atoms with Crippen LogP contribution in [0.5, 0.6) is 0 Å². The number of esters is 1. The maximum absolute atomic E-state index is 11.8. The largest absolute Gasteiger partial charge is 0.460 e. The predicted molar refractivity (Wildman–Crippen MR) is 58.4 cm³/mol. The highest BCUT2D eigenvalue weighted by Crippen LogP contribution is 2.25. The van der Waals surface area contributed by atoms with Crippen molar-refractivity contribution in [3.63, 3.8) is 0 Å². The molecular formula is C12H22O3. The van der Waals surface area contributed by atoms with Gasteiger partial charge in [-0.25, -0.2) is 0 Å². The Bertz CT molecular complexity index is 217. The Morgan fingerprint density at radius 1 is 1.20 bits per heavy atom. The molecule has 3 heteroatoms. The molecule has 1 aliphatic rings. The van der Waals surface area contributed by atoms with Gasteiger partial charge in [0.2, 0.25) is 0 Å². The number of aliphatic hydroxyl groups excluding tert-OH is 1. The van der Waals surface area contributed by atoms with E-state index in [0.29, 0.717) is 0 Å². The van der Waals surface area contributed by atoms with E-state index >= 15 is 0 Å². The zero-order chi connectivity index (χ0) is 11.5. The molecule has 0 saturated heterocycles. The number of carbonyl (C=O) groups is 1. The van der Waals surface area contributed by atoms with Gasteiger partial charge in [-0.1, -0.05) is 6.42 Å². The SMILES string of the molecule is CC(C)(C)OC(=O)C1CCCC(O)CC1. The number of rotatable bonds is 1. The average molecular weight is 214 g/mol. The molecule has 2 atom stereocenters. The Balaban J connectivity index is 2.45. The third-order valence-electron chi connectivity index (χ3n) is 2.68. The van der Waals surface area contributed by atoms with E-state index in [1.807, 2.05) is 20.8 Å². The van der Waals surface area contributed by atoms with Crippen molar-refractivity contribution < 1.29 is 14.6 Å². The topological polar surface area (TPSA) is 46.5 Å². The zero-order valence-electron chi connectivity index (χ0n) is 9.95. The standard InChI is InChI=1S/C12H22O3/c1-12(2,3)15-11(14)9-5-4-6-10(13)8-7-9/h9-10,13H,4-8H2,1-3H3. The van der Waals surface area contributed by atoms with Crippen LogP contribution in [0.1, 0.15) is 52.9 Å². The second-order valence-electron chi connectivity index (χ2n) is 5.39. The van der Waals surface area contributed by atoms with Gasteiger partial charge < -0.3 is 9.84 Å². The van der Waals surface area contributed by atoms with Gasteiger partial charge in [-0.2, -0.15) is 0 Å². The second kappa shape index (κ2) is 4.97. The van der Waals surface area contributed by atoms with Crippen LogP contribution in [0.3, 0.4) is 0 Å². The van der Waals surface area contributed by atoms with Crippen LogP contribution in [-0.4, -0.2) is 22.8 Å². The van der Waals surface area contributed by atoms with Gasteiger partial charge in [-0.3, -0.25) is 4.79 Å². The summed E-state index contributed by atoms with van der Waals surface area (Å²) in [6.07, 6.45) is 3.86. The van der Waals surface area contributed by atoms with Gasteiger partial charge in [-0.15, -0.1) is 0 Å². The Labute approximate surface area is 91.8 Å². The fraction of sp³-hybridized carbons (Fsp3) is 0.917. The molecule has 0 spiro atoms. The van der Waals surface area contributed by atoms with Crippen LogP contribution >= 0.6 is 0 Å². The van der Waals surface area contributed by atoms with Crippen molar-refractivity contribution in [1.29, 1.82) is 0 Å². The zero-order valence-corrected chi connectivity index (χ0v) is 9.95. The monoisotopic (exact) mass is 214 g/mol. The number of hydrogen-bond acceptors (Lipinski definition) is 3. The van der Waals surface area contributed by atoms with Crippen molar-refractivity contribution in [3.8, 4) is 0 Å². The Morgan fingerprint density at radius 3 is 2.47 bits per heavy atom. The molecule has 0 aromatic heterocycles. The molecular weight excluding hydrogens is 192 g/mol. The first-order chi connectivity index (χ1) is 6.88. The van der Waals surface area contributed by atoms with E-state index in [9.17, 15) is 9.90 Å². The number of carbonyl (C=O) groups excluding carboxylic acids is 1. The molecule has 1 aliphatic carbocycles.